The molecular formula is C15H17N3O3. The van der Waals surface area contributed by atoms with Gasteiger partial charge in [-0.15, -0.1) is 0 Å². The van der Waals surface area contributed by atoms with Gasteiger partial charge in [-0.3, -0.25) is 9.59 Å². The van der Waals surface area contributed by atoms with Gasteiger partial charge in [0.15, 0.2) is 0 Å². The number of nitrogens with one attached hydrogen (secondary N) is 3. The Morgan fingerprint density at radius 2 is 2.19 bits per heavy atom. The van der Waals surface area contributed by atoms with Crippen molar-refractivity contribution in [1.29, 1.82) is 0 Å². The lowest BCUT2D eigenvalue weighted by Crippen LogP contribution is -2.39. The van der Waals surface area contributed by atoms with Crippen molar-refractivity contribution in [3.63, 3.8) is 0 Å². The van der Waals surface area contributed by atoms with Crippen LogP contribution in [-0.4, -0.2) is 36.1 Å². The highest BCUT2D eigenvalue weighted by molar-refractivity contribution is 6.39. The Morgan fingerprint density at radius 1 is 1.29 bits per heavy atom. The maximum atomic E-state index is 11.8. The van der Waals surface area contributed by atoms with Crippen molar-refractivity contribution >= 4 is 28.4 Å². The van der Waals surface area contributed by atoms with Crippen LogP contribution in [0.3, 0.4) is 0 Å². The number of rotatable bonds is 3. The predicted octanol–water partition coefficient (Wildman–Crippen LogP) is 1.40. The van der Waals surface area contributed by atoms with Gasteiger partial charge in [-0.1, -0.05) is 6.07 Å². The molecule has 3 rings (SSSR count). The molecule has 1 aromatic heterocycles. The topological polar surface area (TPSA) is 83.2 Å². The van der Waals surface area contributed by atoms with E-state index >= 15 is 0 Å². The van der Waals surface area contributed by atoms with Crippen LogP contribution >= 0.6 is 0 Å². The highest BCUT2D eigenvalue weighted by Crippen LogP contribution is 2.17. The number of anilines is 1. The minimum Gasteiger partial charge on any atom is -0.376 e. The second-order valence-electron chi connectivity index (χ2n) is 5.08. The van der Waals surface area contributed by atoms with E-state index in [9.17, 15) is 9.59 Å². The molecule has 1 unspecified atom stereocenters. The summed E-state index contributed by atoms with van der Waals surface area (Å²) >= 11 is 0. The molecule has 0 saturated carbocycles. The molecule has 1 fully saturated rings. The van der Waals surface area contributed by atoms with Crippen LogP contribution in [0.15, 0.2) is 30.5 Å². The summed E-state index contributed by atoms with van der Waals surface area (Å²) in [5.74, 6) is -1.31. The first-order valence-corrected chi connectivity index (χ1v) is 7.00. The molecule has 21 heavy (non-hydrogen) atoms. The van der Waals surface area contributed by atoms with Gasteiger partial charge in [0.05, 0.1) is 6.10 Å². The third-order valence-electron chi connectivity index (χ3n) is 3.53. The summed E-state index contributed by atoms with van der Waals surface area (Å²) in [6.07, 6.45) is 3.77. The molecule has 3 N–H and O–H groups in total. The molecule has 1 aliphatic heterocycles. The third-order valence-corrected chi connectivity index (χ3v) is 3.53. The summed E-state index contributed by atoms with van der Waals surface area (Å²) in [5.41, 5.74) is 1.50. The molecular weight excluding hydrogens is 270 g/mol. The van der Waals surface area contributed by atoms with E-state index in [1.54, 1.807) is 12.1 Å². The van der Waals surface area contributed by atoms with Crippen LogP contribution in [0.4, 0.5) is 5.69 Å². The van der Waals surface area contributed by atoms with Crippen LogP contribution in [0.5, 0.6) is 0 Å². The quantitative estimate of drug-likeness (QED) is 0.746. The van der Waals surface area contributed by atoms with Crippen molar-refractivity contribution in [1.82, 2.24) is 10.3 Å². The minimum atomic E-state index is -0.668. The monoisotopic (exact) mass is 287 g/mol. The molecule has 0 radical (unpaired) electrons. The Kier molecular flexibility index (Phi) is 3.87. The Labute approximate surface area is 121 Å². The molecule has 2 aromatic rings. The van der Waals surface area contributed by atoms with E-state index in [-0.39, 0.29) is 6.10 Å². The van der Waals surface area contributed by atoms with Gasteiger partial charge < -0.3 is 20.4 Å². The number of H-pyrrole nitrogens is 1. The van der Waals surface area contributed by atoms with Gasteiger partial charge in [0.25, 0.3) is 0 Å². The Morgan fingerprint density at radius 3 is 3.00 bits per heavy atom. The van der Waals surface area contributed by atoms with Crippen LogP contribution in [0.2, 0.25) is 0 Å². The highest BCUT2D eigenvalue weighted by Gasteiger charge is 2.19. The maximum Gasteiger partial charge on any atom is 0.313 e. The second kappa shape index (κ2) is 5.97. The summed E-state index contributed by atoms with van der Waals surface area (Å²) in [5, 5.41) is 6.23. The van der Waals surface area contributed by atoms with Crippen LogP contribution in [0, 0.1) is 0 Å². The number of hydrogen-bond acceptors (Lipinski definition) is 3. The van der Waals surface area contributed by atoms with Gasteiger partial charge in [0.2, 0.25) is 0 Å². The largest absolute Gasteiger partial charge is 0.376 e. The predicted molar refractivity (Wildman–Crippen MR) is 78.9 cm³/mol. The number of hydrogen-bond donors (Lipinski definition) is 3. The van der Waals surface area contributed by atoms with Gasteiger partial charge in [0, 0.05) is 30.6 Å². The van der Waals surface area contributed by atoms with Crippen molar-refractivity contribution < 1.29 is 14.3 Å². The molecule has 2 heterocycles. The third kappa shape index (κ3) is 3.22. The smallest absolute Gasteiger partial charge is 0.313 e. The number of fused-ring (bicyclic) bond motifs is 1. The summed E-state index contributed by atoms with van der Waals surface area (Å²) < 4.78 is 5.39. The molecule has 1 atom stereocenters. The lowest BCUT2D eigenvalue weighted by Gasteiger charge is -2.10. The summed E-state index contributed by atoms with van der Waals surface area (Å²) in [4.78, 5) is 26.6. The Balaban J connectivity index is 1.55. The fourth-order valence-electron chi connectivity index (χ4n) is 2.41. The molecule has 0 bridgehead atoms. The number of amides is 2. The molecule has 1 aromatic carbocycles. The van der Waals surface area contributed by atoms with Crippen LogP contribution in [0.1, 0.15) is 12.8 Å². The number of carbonyl (C=O) groups is 2. The first kappa shape index (κ1) is 13.6. The molecule has 0 spiro atoms. The van der Waals surface area contributed by atoms with E-state index in [1.807, 2.05) is 18.3 Å². The van der Waals surface area contributed by atoms with Crippen molar-refractivity contribution in [2.75, 3.05) is 18.5 Å². The summed E-state index contributed by atoms with van der Waals surface area (Å²) in [7, 11) is 0. The molecule has 1 saturated heterocycles. The van der Waals surface area contributed by atoms with Crippen LogP contribution in [-0.2, 0) is 14.3 Å². The zero-order chi connectivity index (χ0) is 14.7. The summed E-state index contributed by atoms with van der Waals surface area (Å²) in [6.45, 7) is 1.10. The fraction of sp³-hybridized carbons (Fsp3) is 0.333. The lowest BCUT2D eigenvalue weighted by atomic mass is 10.2. The first-order chi connectivity index (χ1) is 10.2. The van der Waals surface area contributed by atoms with Crippen molar-refractivity contribution in [2.24, 2.45) is 0 Å². The molecule has 6 nitrogen and oxygen atoms in total. The summed E-state index contributed by atoms with van der Waals surface area (Å²) in [6, 6.07) is 7.38. The van der Waals surface area contributed by atoms with Crippen molar-refractivity contribution in [3.8, 4) is 0 Å². The lowest BCUT2D eigenvalue weighted by molar-refractivity contribution is -0.136. The Bertz CT molecular complexity index is 659. The van der Waals surface area contributed by atoms with Crippen molar-refractivity contribution in [3.05, 3.63) is 30.5 Å². The van der Waals surface area contributed by atoms with Gasteiger partial charge in [-0.25, -0.2) is 0 Å². The molecule has 6 heteroatoms. The van der Waals surface area contributed by atoms with Crippen molar-refractivity contribution in [2.45, 2.75) is 18.9 Å². The van der Waals surface area contributed by atoms with E-state index in [0.29, 0.717) is 12.2 Å². The zero-order valence-corrected chi connectivity index (χ0v) is 11.5. The number of ether oxygens (including phenoxy) is 1. The normalized spacial score (nSPS) is 17.8. The first-order valence-electron chi connectivity index (χ1n) is 7.00. The molecule has 1 aliphatic rings. The fourth-order valence-corrected chi connectivity index (χ4v) is 2.41. The van der Waals surface area contributed by atoms with E-state index in [0.717, 1.165) is 30.4 Å². The SMILES string of the molecule is O=C(NCC1CCCO1)C(=O)Nc1ccc2cc[nH]c2c1. The van der Waals surface area contributed by atoms with E-state index < -0.39 is 11.8 Å². The second-order valence-corrected chi connectivity index (χ2v) is 5.08. The van der Waals surface area contributed by atoms with Gasteiger partial charge in [-0.2, -0.15) is 0 Å². The van der Waals surface area contributed by atoms with Gasteiger partial charge >= 0.3 is 11.8 Å². The Hall–Kier alpha value is -2.34. The minimum absolute atomic E-state index is 0.0250. The molecule has 2 amide bonds. The zero-order valence-electron chi connectivity index (χ0n) is 11.5. The number of aromatic amines is 1. The van der Waals surface area contributed by atoms with E-state index in [4.69, 9.17) is 4.74 Å². The average molecular weight is 287 g/mol. The van der Waals surface area contributed by atoms with Crippen LogP contribution in [0.25, 0.3) is 10.9 Å². The molecule has 110 valence electrons. The number of aromatic nitrogens is 1. The number of carbonyl (C=O) groups excluding carboxylic acids is 2. The average Bonchev–Trinajstić information content (AvgIpc) is 3.15. The molecule has 0 aliphatic carbocycles. The standard InChI is InChI=1S/C15H17N3O3/c19-14(17-9-12-2-1-7-21-12)15(20)18-11-4-3-10-5-6-16-13(10)8-11/h3-6,8,12,16H,1-2,7,9H2,(H,17,19)(H,18,20). The van der Waals surface area contributed by atoms with E-state index in [1.165, 1.54) is 0 Å². The van der Waals surface area contributed by atoms with Gasteiger partial charge in [-0.05, 0) is 36.4 Å². The van der Waals surface area contributed by atoms with Gasteiger partial charge in [0.1, 0.15) is 0 Å². The highest BCUT2D eigenvalue weighted by atomic mass is 16.5. The van der Waals surface area contributed by atoms with E-state index in [2.05, 4.69) is 15.6 Å². The van der Waals surface area contributed by atoms with Crippen LogP contribution < -0.4 is 10.6 Å². The maximum absolute atomic E-state index is 11.8. The number of benzene rings is 1.